The molecule has 0 aromatic carbocycles. The summed E-state index contributed by atoms with van der Waals surface area (Å²) in [7, 11) is 0. The highest BCUT2D eigenvalue weighted by Crippen LogP contribution is 2.74. The van der Waals surface area contributed by atoms with Gasteiger partial charge in [0.05, 0.1) is 23.7 Å². The van der Waals surface area contributed by atoms with E-state index in [2.05, 4.69) is 41.5 Å². The zero-order valence-electron chi connectivity index (χ0n) is 34.8. The highest BCUT2D eigenvalue weighted by molar-refractivity contribution is 5.85. The van der Waals surface area contributed by atoms with Crippen molar-refractivity contribution in [3.8, 4) is 0 Å². The standard InChI is InChI=1S/C46H66O9/c1-25(23-33(53-39(49)27-11-12-27)37(54-40(50)28-13-14-28)43(4,5)55-41(51)29-15-16-29)30-17-21-45(7)31(30)24-32(52-38(48)26-9-10-26)36-44(6)20-19-35(47)42(2,3)34(44)18-22-46(36,45)8/h25-29,32-34,36-37H,9-24H2,1-8H3/t25-,32+,33+,34+,36+,37-,44+,45+,46+/m1/s1. The molecule has 8 aliphatic carbocycles. The number of fused-ring (bicyclic) bond motifs is 5. The zero-order valence-corrected chi connectivity index (χ0v) is 34.8. The third kappa shape index (κ3) is 6.81. The van der Waals surface area contributed by atoms with Gasteiger partial charge in [-0.1, -0.05) is 52.7 Å². The molecule has 0 heterocycles. The molecule has 0 unspecified atom stereocenters. The highest BCUT2D eigenvalue weighted by Gasteiger charge is 2.70. The summed E-state index contributed by atoms with van der Waals surface area (Å²) in [5, 5.41) is 0. The lowest BCUT2D eigenvalue weighted by atomic mass is 9.36. The minimum Gasteiger partial charge on any atom is -0.461 e. The lowest BCUT2D eigenvalue weighted by Crippen LogP contribution is -2.66. The quantitative estimate of drug-likeness (QED) is 0.103. The summed E-state index contributed by atoms with van der Waals surface area (Å²) >= 11 is 0. The Hall–Kier alpha value is -2.71. The van der Waals surface area contributed by atoms with E-state index in [0.717, 1.165) is 83.5 Å². The lowest BCUT2D eigenvalue weighted by molar-refractivity contribution is -0.218. The third-order valence-corrected chi connectivity index (χ3v) is 16.6. The number of Topliss-reactive ketones (excluding diaryl/α,β-unsaturated/α-hetero) is 1. The summed E-state index contributed by atoms with van der Waals surface area (Å²) in [6.07, 6.45) is 10.7. The molecule has 9 heteroatoms. The van der Waals surface area contributed by atoms with Crippen molar-refractivity contribution >= 4 is 29.7 Å². The number of allylic oxidation sites excluding steroid dienone is 1. The molecule has 0 radical (unpaired) electrons. The van der Waals surface area contributed by atoms with E-state index >= 15 is 0 Å². The Kier molecular flexibility index (Phi) is 9.55. The maximum atomic E-state index is 13.6. The van der Waals surface area contributed by atoms with Gasteiger partial charge in [0, 0.05) is 24.2 Å². The molecule has 7 fully saturated rings. The van der Waals surface area contributed by atoms with E-state index in [9.17, 15) is 24.0 Å². The summed E-state index contributed by atoms with van der Waals surface area (Å²) < 4.78 is 25.4. The van der Waals surface area contributed by atoms with Crippen molar-refractivity contribution in [2.45, 2.75) is 182 Å². The molecule has 0 aliphatic heterocycles. The maximum absolute atomic E-state index is 13.6. The van der Waals surface area contributed by atoms with E-state index in [1.807, 2.05) is 0 Å². The summed E-state index contributed by atoms with van der Waals surface area (Å²) in [6, 6.07) is 0. The minimum atomic E-state index is -1.21. The fourth-order valence-electron chi connectivity index (χ4n) is 12.5. The molecule has 304 valence electrons. The van der Waals surface area contributed by atoms with Gasteiger partial charge in [0.1, 0.15) is 23.6 Å². The first-order chi connectivity index (χ1) is 25.8. The van der Waals surface area contributed by atoms with Gasteiger partial charge < -0.3 is 18.9 Å². The average molecular weight is 763 g/mol. The molecule has 9 atom stereocenters. The molecule has 0 amide bonds. The predicted molar refractivity (Wildman–Crippen MR) is 204 cm³/mol. The van der Waals surface area contributed by atoms with Crippen molar-refractivity contribution in [3.05, 3.63) is 11.1 Å². The Labute approximate surface area is 328 Å². The second-order valence-electron chi connectivity index (χ2n) is 21.2. The van der Waals surface area contributed by atoms with Gasteiger partial charge in [-0.2, -0.15) is 0 Å². The van der Waals surface area contributed by atoms with Gasteiger partial charge in [0.25, 0.3) is 0 Å². The number of ether oxygens (including phenoxy) is 4. The SMILES string of the molecule is C[C@H](C[C@H](OC(=O)C1CC1)[C@@H](OC(=O)C1CC1)C(C)(C)OC(=O)C1CC1)C1=C2C[C@H](OC(=O)C3CC3)[C@H]3[C@@]4(C)CCC(=O)C(C)(C)[C@@H]4CC[C@]3(C)[C@@]2(C)CC1. The third-order valence-electron chi connectivity index (χ3n) is 16.6. The van der Waals surface area contributed by atoms with Crippen molar-refractivity contribution in [1.29, 1.82) is 0 Å². The van der Waals surface area contributed by atoms with Crippen LogP contribution in [0.15, 0.2) is 11.1 Å². The predicted octanol–water partition coefficient (Wildman–Crippen LogP) is 8.64. The van der Waals surface area contributed by atoms with E-state index in [0.29, 0.717) is 25.0 Å². The van der Waals surface area contributed by atoms with Gasteiger partial charge in [-0.3, -0.25) is 24.0 Å². The highest BCUT2D eigenvalue weighted by atomic mass is 16.6. The van der Waals surface area contributed by atoms with Crippen molar-refractivity contribution in [3.63, 3.8) is 0 Å². The van der Waals surface area contributed by atoms with Gasteiger partial charge >= 0.3 is 23.9 Å². The maximum Gasteiger partial charge on any atom is 0.309 e. The van der Waals surface area contributed by atoms with Crippen LogP contribution in [0.4, 0.5) is 0 Å². The summed E-state index contributed by atoms with van der Waals surface area (Å²) in [4.78, 5) is 66.9. The van der Waals surface area contributed by atoms with Gasteiger partial charge in [-0.05, 0) is 132 Å². The van der Waals surface area contributed by atoms with Crippen molar-refractivity contribution in [1.82, 2.24) is 0 Å². The molecule has 55 heavy (non-hydrogen) atoms. The smallest absolute Gasteiger partial charge is 0.309 e. The van der Waals surface area contributed by atoms with Crippen LogP contribution in [0.5, 0.6) is 0 Å². The normalized spacial score (nSPS) is 37.1. The molecule has 8 aliphatic rings. The topological polar surface area (TPSA) is 122 Å². The molecule has 8 rings (SSSR count). The Morgan fingerprint density at radius 1 is 0.727 bits per heavy atom. The van der Waals surface area contributed by atoms with Crippen LogP contribution in [0.1, 0.15) is 158 Å². The van der Waals surface area contributed by atoms with E-state index < -0.39 is 23.2 Å². The number of esters is 4. The second-order valence-corrected chi connectivity index (χ2v) is 21.2. The number of carbonyl (C=O) groups is 5. The van der Waals surface area contributed by atoms with Gasteiger partial charge in [-0.25, -0.2) is 0 Å². The summed E-state index contributed by atoms with van der Waals surface area (Å²) in [5.74, 6) is -0.768. The van der Waals surface area contributed by atoms with Crippen LogP contribution in [0.25, 0.3) is 0 Å². The molecule has 9 nitrogen and oxygen atoms in total. The first-order valence-corrected chi connectivity index (χ1v) is 21.9. The van der Waals surface area contributed by atoms with Crippen molar-refractivity contribution in [2.24, 2.45) is 63.1 Å². The number of hydrogen-bond donors (Lipinski definition) is 0. The molecule has 7 saturated carbocycles. The zero-order chi connectivity index (χ0) is 39.5. The van der Waals surface area contributed by atoms with E-state index in [4.69, 9.17) is 18.9 Å². The van der Waals surface area contributed by atoms with Gasteiger partial charge in [-0.15, -0.1) is 0 Å². The van der Waals surface area contributed by atoms with Crippen LogP contribution >= 0.6 is 0 Å². The van der Waals surface area contributed by atoms with E-state index in [1.165, 1.54) is 11.1 Å². The Balaban J connectivity index is 1.14. The first-order valence-electron chi connectivity index (χ1n) is 21.9. The monoisotopic (exact) mass is 762 g/mol. The molecule has 0 aromatic rings. The fourth-order valence-corrected chi connectivity index (χ4v) is 12.5. The van der Waals surface area contributed by atoms with Crippen LogP contribution in [-0.4, -0.2) is 53.6 Å². The summed E-state index contributed by atoms with van der Waals surface area (Å²) in [6.45, 7) is 17.4. The van der Waals surface area contributed by atoms with Crippen LogP contribution in [0.3, 0.4) is 0 Å². The number of carbonyl (C=O) groups excluding carboxylic acids is 5. The summed E-state index contributed by atoms with van der Waals surface area (Å²) in [5.41, 5.74) is 0.632. The molecule has 0 bridgehead atoms. The number of hydrogen-bond acceptors (Lipinski definition) is 9. The Morgan fingerprint density at radius 3 is 1.89 bits per heavy atom. The van der Waals surface area contributed by atoms with E-state index in [1.54, 1.807) is 13.8 Å². The Morgan fingerprint density at radius 2 is 1.29 bits per heavy atom. The van der Waals surface area contributed by atoms with Crippen LogP contribution in [-0.2, 0) is 42.9 Å². The molecule has 0 spiro atoms. The van der Waals surface area contributed by atoms with Crippen LogP contribution in [0, 0.1) is 63.1 Å². The second kappa shape index (κ2) is 13.4. The van der Waals surface area contributed by atoms with Crippen molar-refractivity contribution < 1.29 is 42.9 Å². The first kappa shape index (κ1) is 39.1. The molecular weight excluding hydrogens is 696 g/mol. The number of ketones is 1. The minimum absolute atomic E-state index is 0.0124. The van der Waals surface area contributed by atoms with E-state index in [-0.39, 0.29) is 87.7 Å². The van der Waals surface area contributed by atoms with Crippen LogP contribution < -0.4 is 0 Å². The largest absolute Gasteiger partial charge is 0.461 e. The van der Waals surface area contributed by atoms with Gasteiger partial charge in [0.2, 0.25) is 0 Å². The van der Waals surface area contributed by atoms with Crippen LogP contribution in [0.2, 0.25) is 0 Å². The Bertz CT molecular complexity index is 1660. The molecule has 0 N–H and O–H groups in total. The molecule has 0 saturated heterocycles. The number of rotatable bonds is 13. The molecular formula is C46H66O9. The lowest BCUT2D eigenvalue weighted by Gasteiger charge is -2.69. The average Bonchev–Trinajstić information content (AvgIpc) is 3.91. The van der Waals surface area contributed by atoms with Crippen molar-refractivity contribution in [2.75, 3.05) is 0 Å². The fraction of sp³-hybridized carbons (Fsp3) is 0.848. The van der Waals surface area contributed by atoms with Gasteiger partial charge in [0.15, 0.2) is 6.10 Å². The molecule has 0 aromatic heterocycles.